The van der Waals surface area contributed by atoms with E-state index in [1.807, 2.05) is 55.6 Å². The smallest absolute Gasteiger partial charge is 0.251 e. The van der Waals surface area contributed by atoms with Gasteiger partial charge < -0.3 is 15.0 Å². The molecule has 5 nitrogen and oxygen atoms in total. The number of rotatable bonds is 4. The number of nitrogens with one attached hydrogen (secondary N) is 1. The predicted molar refractivity (Wildman–Crippen MR) is 125 cm³/mol. The summed E-state index contributed by atoms with van der Waals surface area (Å²) in [4.78, 5) is 19.5. The topological polar surface area (TPSA) is 54.5 Å². The first kappa shape index (κ1) is 19.6. The van der Waals surface area contributed by atoms with E-state index in [1.54, 1.807) is 11.3 Å². The predicted octanol–water partition coefficient (Wildman–Crippen LogP) is 5.45. The summed E-state index contributed by atoms with van der Waals surface area (Å²) < 4.78 is 6.04. The SMILES string of the molecule is Cc1nc(C(C)NC(=O)c2cccc(N3COc4ccc5ccccc5c4C3)c2)cs1. The van der Waals surface area contributed by atoms with Gasteiger partial charge in [0.1, 0.15) is 5.75 Å². The molecule has 1 unspecified atom stereocenters. The van der Waals surface area contributed by atoms with Gasteiger partial charge >= 0.3 is 0 Å². The highest BCUT2D eigenvalue weighted by molar-refractivity contribution is 7.09. The van der Waals surface area contributed by atoms with E-state index < -0.39 is 0 Å². The number of aryl methyl sites for hydroxylation is 1. The number of carbonyl (C=O) groups excluding carboxylic acids is 1. The fraction of sp³-hybridized carbons (Fsp3) is 0.200. The molecule has 6 heteroatoms. The van der Waals surface area contributed by atoms with Gasteiger partial charge in [0.15, 0.2) is 6.73 Å². The monoisotopic (exact) mass is 429 g/mol. The van der Waals surface area contributed by atoms with Crippen molar-refractivity contribution in [3.8, 4) is 5.75 Å². The molecule has 3 aromatic carbocycles. The number of anilines is 1. The van der Waals surface area contributed by atoms with E-state index in [4.69, 9.17) is 4.74 Å². The van der Waals surface area contributed by atoms with Gasteiger partial charge in [0.2, 0.25) is 0 Å². The molecule has 31 heavy (non-hydrogen) atoms. The van der Waals surface area contributed by atoms with Crippen LogP contribution in [0, 0.1) is 6.92 Å². The minimum absolute atomic E-state index is 0.108. The van der Waals surface area contributed by atoms with Crippen LogP contribution in [0.25, 0.3) is 10.8 Å². The highest BCUT2D eigenvalue weighted by atomic mass is 32.1. The second-order valence-corrected chi connectivity index (χ2v) is 8.83. The number of nitrogens with zero attached hydrogens (tertiary/aromatic N) is 2. The highest BCUT2D eigenvalue weighted by Gasteiger charge is 2.21. The van der Waals surface area contributed by atoms with Crippen LogP contribution in [0.5, 0.6) is 5.75 Å². The lowest BCUT2D eigenvalue weighted by molar-refractivity contribution is 0.0939. The summed E-state index contributed by atoms with van der Waals surface area (Å²) in [5.41, 5.74) is 3.65. The second kappa shape index (κ2) is 8.04. The molecule has 0 saturated carbocycles. The number of hydrogen-bond donors (Lipinski definition) is 1. The van der Waals surface area contributed by atoms with Gasteiger partial charge in [-0.3, -0.25) is 4.79 Å². The lowest BCUT2D eigenvalue weighted by Crippen LogP contribution is -2.32. The number of carbonyl (C=O) groups is 1. The third-order valence-corrected chi connectivity index (χ3v) is 6.42. The zero-order valence-corrected chi connectivity index (χ0v) is 18.3. The Hall–Kier alpha value is -3.38. The van der Waals surface area contributed by atoms with Gasteiger partial charge in [0, 0.05) is 22.2 Å². The van der Waals surface area contributed by atoms with Crippen LogP contribution in [-0.4, -0.2) is 17.6 Å². The van der Waals surface area contributed by atoms with Crippen LogP contribution in [0.4, 0.5) is 5.69 Å². The van der Waals surface area contributed by atoms with Gasteiger partial charge in [-0.1, -0.05) is 36.4 Å². The molecule has 1 aliphatic rings. The molecular weight excluding hydrogens is 406 g/mol. The number of ether oxygens (including phenoxy) is 1. The normalized spacial score (nSPS) is 14.1. The van der Waals surface area contributed by atoms with Crippen LogP contribution in [-0.2, 0) is 6.54 Å². The molecule has 0 radical (unpaired) electrons. The van der Waals surface area contributed by atoms with Crippen molar-refractivity contribution in [2.45, 2.75) is 26.4 Å². The minimum atomic E-state index is -0.141. The van der Waals surface area contributed by atoms with Crippen molar-refractivity contribution in [1.29, 1.82) is 0 Å². The molecule has 0 bridgehead atoms. The maximum Gasteiger partial charge on any atom is 0.251 e. The summed E-state index contributed by atoms with van der Waals surface area (Å²) in [5, 5.41) is 8.44. The van der Waals surface area contributed by atoms with Crippen molar-refractivity contribution in [1.82, 2.24) is 10.3 Å². The number of amides is 1. The molecule has 0 aliphatic carbocycles. The van der Waals surface area contributed by atoms with Crippen molar-refractivity contribution < 1.29 is 9.53 Å². The van der Waals surface area contributed by atoms with Gasteiger partial charge in [-0.25, -0.2) is 4.98 Å². The molecule has 1 atom stereocenters. The van der Waals surface area contributed by atoms with E-state index in [0.717, 1.165) is 28.7 Å². The fourth-order valence-corrected chi connectivity index (χ4v) is 4.65. The molecule has 1 N–H and O–H groups in total. The van der Waals surface area contributed by atoms with Crippen LogP contribution in [0.2, 0.25) is 0 Å². The summed E-state index contributed by atoms with van der Waals surface area (Å²) in [5.74, 6) is 0.819. The lowest BCUT2D eigenvalue weighted by Gasteiger charge is -2.31. The third-order valence-electron chi connectivity index (χ3n) is 5.62. The van der Waals surface area contributed by atoms with Gasteiger partial charge in [-0.2, -0.15) is 0 Å². The molecule has 0 spiro atoms. The lowest BCUT2D eigenvalue weighted by atomic mass is 10.0. The maximum absolute atomic E-state index is 12.9. The summed E-state index contributed by atoms with van der Waals surface area (Å²) in [6, 6.07) is 20.0. The summed E-state index contributed by atoms with van der Waals surface area (Å²) >= 11 is 1.59. The van der Waals surface area contributed by atoms with E-state index in [2.05, 4.69) is 39.5 Å². The van der Waals surface area contributed by atoms with Crippen molar-refractivity contribution >= 4 is 33.7 Å². The van der Waals surface area contributed by atoms with Crippen LogP contribution >= 0.6 is 11.3 Å². The van der Waals surface area contributed by atoms with Crippen molar-refractivity contribution in [2.75, 3.05) is 11.6 Å². The average molecular weight is 430 g/mol. The number of hydrogen-bond acceptors (Lipinski definition) is 5. The molecule has 1 aliphatic heterocycles. The van der Waals surface area contributed by atoms with Crippen LogP contribution < -0.4 is 15.0 Å². The van der Waals surface area contributed by atoms with Gasteiger partial charge in [0.05, 0.1) is 23.3 Å². The van der Waals surface area contributed by atoms with Gasteiger partial charge in [-0.05, 0) is 48.9 Å². The Labute approximate surface area is 185 Å². The Morgan fingerprint density at radius 1 is 1.16 bits per heavy atom. The largest absolute Gasteiger partial charge is 0.473 e. The first-order valence-electron chi connectivity index (χ1n) is 10.3. The number of thiazole rings is 1. The second-order valence-electron chi connectivity index (χ2n) is 7.77. The Kier molecular flexibility index (Phi) is 5.08. The standard InChI is InChI=1S/C25H23N3O2S/c1-16(23-14-31-17(2)27-23)26-25(29)19-7-5-8-20(12-19)28-13-22-21-9-4-3-6-18(21)10-11-24(22)30-15-28/h3-12,14,16H,13,15H2,1-2H3,(H,26,29). The van der Waals surface area contributed by atoms with E-state index in [0.29, 0.717) is 12.3 Å². The number of fused-ring (bicyclic) bond motifs is 3. The molecule has 156 valence electrons. The first-order valence-corrected chi connectivity index (χ1v) is 11.2. The van der Waals surface area contributed by atoms with Crippen LogP contribution in [0.3, 0.4) is 0 Å². The molecule has 0 fully saturated rings. The zero-order valence-electron chi connectivity index (χ0n) is 17.5. The van der Waals surface area contributed by atoms with Crippen molar-refractivity contribution in [3.05, 3.63) is 87.9 Å². The van der Waals surface area contributed by atoms with Crippen LogP contribution in [0.1, 0.15) is 39.6 Å². The Bertz CT molecular complexity index is 1270. The fourth-order valence-electron chi connectivity index (χ4n) is 3.94. The van der Waals surface area contributed by atoms with Gasteiger partial charge in [0.25, 0.3) is 5.91 Å². The molecule has 5 rings (SSSR count). The zero-order chi connectivity index (χ0) is 21.4. The molecular formula is C25H23N3O2S. The molecule has 0 saturated heterocycles. The average Bonchev–Trinajstić information content (AvgIpc) is 3.25. The van der Waals surface area contributed by atoms with E-state index in [1.165, 1.54) is 16.3 Å². The minimum Gasteiger partial charge on any atom is -0.473 e. The Morgan fingerprint density at radius 2 is 2.03 bits per heavy atom. The van der Waals surface area contributed by atoms with Gasteiger partial charge in [-0.15, -0.1) is 11.3 Å². The molecule has 2 heterocycles. The third kappa shape index (κ3) is 3.86. The quantitative estimate of drug-likeness (QED) is 0.469. The number of benzene rings is 3. The highest BCUT2D eigenvalue weighted by Crippen LogP contribution is 2.34. The molecule has 1 aromatic heterocycles. The van der Waals surface area contributed by atoms with E-state index in [9.17, 15) is 4.79 Å². The summed E-state index contributed by atoms with van der Waals surface area (Å²) in [6.45, 7) is 5.10. The van der Waals surface area contributed by atoms with E-state index >= 15 is 0 Å². The van der Waals surface area contributed by atoms with Crippen LogP contribution in [0.15, 0.2) is 66.0 Å². The van der Waals surface area contributed by atoms with E-state index in [-0.39, 0.29) is 11.9 Å². The summed E-state index contributed by atoms with van der Waals surface area (Å²) in [7, 11) is 0. The Balaban J connectivity index is 1.37. The number of aromatic nitrogens is 1. The maximum atomic E-state index is 12.9. The summed E-state index contributed by atoms with van der Waals surface area (Å²) in [6.07, 6.45) is 0. The van der Waals surface area contributed by atoms with Crippen molar-refractivity contribution in [2.24, 2.45) is 0 Å². The molecule has 1 amide bonds. The first-order chi connectivity index (χ1) is 15.1. The Morgan fingerprint density at radius 3 is 2.87 bits per heavy atom. The van der Waals surface area contributed by atoms with Crippen molar-refractivity contribution in [3.63, 3.8) is 0 Å². The molecule has 4 aromatic rings.